The van der Waals surface area contributed by atoms with Crippen LogP contribution in [0, 0.1) is 12.8 Å². The molecule has 1 aromatic carbocycles. The number of likely N-dealkylation sites (tertiary alicyclic amines) is 1. The van der Waals surface area contributed by atoms with Gasteiger partial charge < -0.3 is 15.0 Å². The van der Waals surface area contributed by atoms with E-state index in [9.17, 15) is 4.79 Å². The number of nitrogens with one attached hydrogen (secondary N) is 1. The number of carbonyl (C=O) groups excluding carboxylic acids is 1. The van der Waals surface area contributed by atoms with E-state index < -0.39 is 0 Å². The Morgan fingerprint density at radius 2 is 2.32 bits per heavy atom. The van der Waals surface area contributed by atoms with Crippen LogP contribution < -0.4 is 5.32 Å². The first-order valence-electron chi connectivity index (χ1n) is 7.50. The number of aryl methyl sites for hydroxylation is 1. The van der Waals surface area contributed by atoms with E-state index in [1.165, 1.54) is 0 Å². The van der Waals surface area contributed by atoms with Crippen molar-refractivity contribution in [2.75, 3.05) is 25.0 Å². The van der Waals surface area contributed by atoms with Gasteiger partial charge in [-0.2, -0.15) is 0 Å². The van der Waals surface area contributed by atoms with Gasteiger partial charge in [-0.25, -0.2) is 0 Å². The predicted octanol–water partition coefficient (Wildman–Crippen LogP) is 3.62. The van der Waals surface area contributed by atoms with Gasteiger partial charge in [-0.1, -0.05) is 11.6 Å². The van der Waals surface area contributed by atoms with Gasteiger partial charge in [-0.05, 0) is 62.7 Å². The van der Waals surface area contributed by atoms with Crippen LogP contribution in [0.15, 0.2) is 18.2 Å². The molecule has 0 amide bonds. The lowest BCUT2D eigenvalue weighted by Gasteiger charge is -2.33. The van der Waals surface area contributed by atoms with Crippen LogP contribution in [-0.2, 0) is 9.53 Å². The Kier molecular flexibility index (Phi) is 6.03. The van der Waals surface area contributed by atoms with E-state index in [1.54, 1.807) is 0 Å². The van der Waals surface area contributed by atoms with E-state index >= 15 is 0 Å². The maximum absolute atomic E-state index is 11.9. The van der Waals surface area contributed by atoms with Crippen LogP contribution in [-0.4, -0.2) is 35.7 Å². The van der Waals surface area contributed by atoms with Crippen molar-refractivity contribution >= 4 is 40.6 Å². The number of rotatable bonds is 3. The van der Waals surface area contributed by atoms with Crippen LogP contribution in [0.3, 0.4) is 0 Å². The maximum atomic E-state index is 11.9. The minimum Gasteiger partial charge on any atom is -0.466 e. The zero-order valence-electron chi connectivity index (χ0n) is 12.9. The summed E-state index contributed by atoms with van der Waals surface area (Å²) in [6.07, 6.45) is 1.79. The molecule has 0 bridgehead atoms. The topological polar surface area (TPSA) is 41.6 Å². The molecule has 0 radical (unpaired) electrons. The molecule has 1 aliphatic rings. The second-order valence-electron chi connectivity index (χ2n) is 5.43. The van der Waals surface area contributed by atoms with Crippen molar-refractivity contribution < 1.29 is 9.53 Å². The first kappa shape index (κ1) is 17.0. The fourth-order valence-electron chi connectivity index (χ4n) is 2.58. The Labute approximate surface area is 141 Å². The van der Waals surface area contributed by atoms with Gasteiger partial charge in [0.2, 0.25) is 0 Å². The highest BCUT2D eigenvalue weighted by Crippen LogP contribution is 2.22. The summed E-state index contributed by atoms with van der Waals surface area (Å²) in [5.41, 5.74) is 1.97. The standard InChI is InChI=1S/C16H21ClN2O2S/c1-3-21-15(20)12-5-4-8-19(10-12)16(22)18-14-7-6-13(17)9-11(14)2/h6-7,9,12H,3-5,8,10H2,1-2H3,(H,18,22)/t12-/m0/s1. The molecule has 6 heteroatoms. The molecule has 2 rings (SSSR count). The molecular formula is C16H21ClN2O2S. The molecule has 22 heavy (non-hydrogen) atoms. The lowest BCUT2D eigenvalue weighted by Crippen LogP contribution is -2.44. The van der Waals surface area contributed by atoms with Crippen LogP contribution >= 0.6 is 23.8 Å². The third-order valence-corrected chi connectivity index (χ3v) is 4.35. The molecule has 120 valence electrons. The van der Waals surface area contributed by atoms with Gasteiger partial charge in [0.15, 0.2) is 5.11 Å². The SMILES string of the molecule is CCOC(=O)[C@H]1CCCN(C(=S)Nc2ccc(Cl)cc2C)C1. The number of ether oxygens (including phenoxy) is 1. The van der Waals surface area contributed by atoms with Crippen LogP contribution in [0.5, 0.6) is 0 Å². The zero-order valence-corrected chi connectivity index (χ0v) is 14.5. The van der Waals surface area contributed by atoms with E-state index in [1.807, 2.05) is 36.9 Å². The number of halogens is 1. The zero-order chi connectivity index (χ0) is 16.1. The third-order valence-electron chi connectivity index (χ3n) is 3.76. The Morgan fingerprint density at radius 3 is 3.00 bits per heavy atom. The van der Waals surface area contributed by atoms with E-state index in [4.69, 9.17) is 28.6 Å². The molecule has 4 nitrogen and oxygen atoms in total. The van der Waals surface area contributed by atoms with Crippen molar-refractivity contribution in [3.05, 3.63) is 28.8 Å². The molecular weight excluding hydrogens is 320 g/mol. The number of esters is 1. The number of hydrogen-bond donors (Lipinski definition) is 1. The first-order valence-corrected chi connectivity index (χ1v) is 8.28. The number of hydrogen-bond acceptors (Lipinski definition) is 3. The highest BCUT2D eigenvalue weighted by Gasteiger charge is 2.28. The number of carbonyl (C=O) groups is 1. The third kappa shape index (κ3) is 4.34. The summed E-state index contributed by atoms with van der Waals surface area (Å²) in [7, 11) is 0. The van der Waals surface area contributed by atoms with Crippen LogP contribution in [0.25, 0.3) is 0 Å². The van der Waals surface area contributed by atoms with Crippen molar-refractivity contribution in [1.82, 2.24) is 4.90 Å². The van der Waals surface area contributed by atoms with Crippen molar-refractivity contribution in [3.8, 4) is 0 Å². The summed E-state index contributed by atoms with van der Waals surface area (Å²) in [6, 6.07) is 5.64. The van der Waals surface area contributed by atoms with E-state index in [2.05, 4.69) is 5.32 Å². The monoisotopic (exact) mass is 340 g/mol. The van der Waals surface area contributed by atoms with Gasteiger partial charge in [0.05, 0.1) is 12.5 Å². The summed E-state index contributed by atoms with van der Waals surface area (Å²) in [5.74, 6) is -0.225. The van der Waals surface area contributed by atoms with Crippen LogP contribution in [0.2, 0.25) is 5.02 Å². The molecule has 1 atom stereocenters. The van der Waals surface area contributed by atoms with Crippen LogP contribution in [0.4, 0.5) is 5.69 Å². The Hall–Kier alpha value is -1.33. The van der Waals surface area contributed by atoms with Gasteiger partial charge in [-0.3, -0.25) is 4.79 Å². The van der Waals surface area contributed by atoms with Crippen molar-refractivity contribution in [2.24, 2.45) is 5.92 Å². The lowest BCUT2D eigenvalue weighted by molar-refractivity contribution is -0.149. The Balaban J connectivity index is 1.98. The van der Waals surface area contributed by atoms with Gasteiger partial charge in [0, 0.05) is 23.8 Å². The summed E-state index contributed by atoms with van der Waals surface area (Å²) in [4.78, 5) is 13.9. The quantitative estimate of drug-likeness (QED) is 0.672. The normalized spacial score (nSPS) is 18.0. The summed E-state index contributed by atoms with van der Waals surface area (Å²) in [5, 5.41) is 4.59. The molecule has 0 saturated carbocycles. The number of benzene rings is 1. The largest absolute Gasteiger partial charge is 0.466 e. The van der Waals surface area contributed by atoms with Crippen molar-refractivity contribution in [2.45, 2.75) is 26.7 Å². The van der Waals surface area contributed by atoms with Gasteiger partial charge >= 0.3 is 5.97 Å². The lowest BCUT2D eigenvalue weighted by atomic mass is 9.98. The molecule has 1 N–H and O–H groups in total. The Bertz CT molecular complexity index is 565. The number of nitrogens with zero attached hydrogens (tertiary/aromatic N) is 1. The highest BCUT2D eigenvalue weighted by molar-refractivity contribution is 7.80. The van der Waals surface area contributed by atoms with E-state index in [0.29, 0.717) is 23.3 Å². The summed E-state index contributed by atoms with van der Waals surface area (Å²) < 4.78 is 5.12. The van der Waals surface area contributed by atoms with Crippen molar-refractivity contribution in [3.63, 3.8) is 0 Å². The number of piperidine rings is 1. The second kappa shape index (κ2) is 7.79. The molecule has 0 aromatic heterocycles. The molecule has 1 heterocycles. The van der Waals surface area contributed by atoms with E-state index in [-0.39, 0.29) is 11.9 Å². The highest BCUT2D eigenvalue weighted by atomic mass is 35.5. The molecule has 1 saturated heterocycles. The first-order chi connectivity index (χ1) is 10.5. The minimum atomic E-state index is -0.127. The Morgan fingerprint density at radius 1 is 1.55 bits per heavy atom. The molecule has 0 spiro atoms. The summed E-state index contributed by atoms with van der Waals surface area (Å²) in [6.45, 7) is 5.69. The second-order valence-corrected chi connectivity index (χ2v) is 6.25. The molecule has 1 aromatic rings. The van der Waals surface area contributed by atoms with Gasteiger partial charge in [0.1, 0.15) is 0 Å². The molecule has 0 unspecified atom stereocenters. The smallest absolute Gasteiger partial charge is 0.310 e. The average molecular weight is 341 g/mol. The fraction of sp³-hybridized carbons (Fsp3) is 0.500. The maximum Gasteiger partial charge on any atom is 0.310 e. The average Bonchev–Trinajstić information content (AvgIpc) is 2.50. The number of thiocarbonyl (C=S) groups is 1. The molecule has 0 aliphatic carbocycles. The van der Waals surface area contributed by atoms with Gasteiger partial charge in [0.25, 0.3) is 0 Å². The number of anilines is 1. The molecule has 1 fully saturated rings. The van der Waals surface area contributed by atoms with Gasteiger partial charge in [-0.15, -0.1) is 0 Å². The molecule has 1 aliphatic heterocycles. The van der Waals surface area contributed by atoms with E-state index in [0.717, 1.165) is 30.6 Å². The fourth-order valence-corrected chi connectivity index (χ4v) is 3.08. The predicted molar refractivity (Wildman–Crippen MR) is 93.3 cm³/mol. The van der Waals surface area contributed by atoms with Crippen molar-refractivity contribution in [1.29, 1.82) is 0 Å². The van der Waals surface area contributed by atoms with Crippen LogP contribution in [0.1, 0.15) is 25.3 Å². The minimum absolute atomic E-state index is 0.0974. The summed E-state index contributed by atoms with van der Waals surface area (Å²) >= 11 is 11.4.